The number of alkyl halides is 3. The third-order valence-electron chi connectivity index (χ3n) is 6.35. The lowest BCUT2D eigenvalue weighted by molar-refractivity contribution is -0.144. The highest BCUT2D eigenvalue weighted by Crippen LogP contribution is 2.30. The molecule has 3 aromatic heterocycles. The number of nitrogens with zero attached hydrogens (tertiary/aromatic N) is 4. The number of rotatable bonds is 11. The average Bonchev–Trinajstić information content (AvgIpc) is 3.37. The molecule has 238 valence electrons. The van der Waals surface area contributed by atoms with Crippen molar-refractivity contribution in [1.82, 2.24) is 29.7 Å². The van der Waals surface area contributed by atoms with Gasteiger partial charge in [0.2, 0.25) is 11.8 Å². The summed E-state index contributed by atoms with van der Waals surface area (Å²) in [7, 11) is 4.17. The van der Waals surface area contributed by atoms with Gasteiger partial charge < -0.3 is 25.3 Å². The van der Waals surface area contributed by atoms with Gasteiger partial charge in [0.25, 0.3) is 5.56 Å². The van der Waals surface area contributed by atoms with Gasteiger partial charge in [-0.2, -0.15) is 13.2 Å². The molecular formula is C28H33F4N7O5. The number of carbonyl (C=O) groups is 3. The lowest BCUT2D eigenvalue weighted by Gasteiger charge is -2.19. The molecule has 3 aromatic rings. The zero-order valence-corrected chi connectivity index (χ0v) is 24.7. The number of likely N-dealkylation sites (N-methyl/N-ethyl adjacent to an activating group) is 1. The number of fused-ring (bicyclic) bond motifs is 1. The number of ether oxygens (including phenoxy) is 1. The number of alkyl carbamates (subject to hydrolysis) is 1. The van der Waals surface area contributed by atoms with Gasteiger partial charge in [0.05, 0.1) is 31.1 Å². The molecule has 0 saturated carbocycles. The van der Waals surface area contributed by atoms with Gasteiger partial charge in [-0.1, -0.05) is 19.9 Å². The van der Waals surface area contributed by atoms with Crippen LogP contribution < -0.4 is 16.2 Å². The van der Waals surface area contributed by atoms with Gasteiger partial charge in [0.15, 0.2) is 5.82 Å². The van der Waals surface area contributed by atoms with E-state index in [-0.39, 0.29) is 41.5 Å². The van der Waals surface area contributed by atoms with Crippen LogP contribution in [0.25, 0.3) is 11.0 Å². The van der Waals surface area contributed by atoms with Crippen molar-refractivity contribution in [2.45, 2.75) is 51.9 Å². The van der Waals surface area contributed by atoms with Crippen LogP contribution in [0.4, 0.5) is 28.0 Å². The summed E-state index contributed by atoms with van der Waals surface area (Å²) in [5.74, 6) is -2.02. The second-order valence-corrected chi connectivity index (χ2v) is 10.5. The monoisotopic (exact) mass is 623 g/mol. The van der Waals surface area contributed by atoms with Gasteiger partial charge in [0.1, 0.15) is 28.8 Å². The van der Waals surface area contributed by atoms with Crippen LogP contribution >= 0.6 is 0 Å². The SMILES string of the molecule is COC(=O)NC(CC/C=C/C(=O)N(C)C)C(=O)Nc1ccc(C(F)(F)F)n(Cc2nc3c(F)cnc(CC(C)C)c3[nH]2)c1=O. The molecule has 0 aliphatic rings. The van der Waals surface area contributed by atoms with E-state index < -0.39 is 53.5 Å². The molecule has 12 nitrogen and oxygen atoms in total. The molecular weight excluding hydrogens is 590 g/mol. The minimum Gasteiger partial charge on any atom is -0.453 e. The van der Waals surface area contributed by atoms with E-state index in [4.69, 9.17) is 0 Å². The summed E-state index contributed by atoms with van der Waals surface area (Å²) in [5.41, 5.74) is -2.52. The molecule has 0 aromatic carbocycles. The molecule has 1 atom stereocenters. The summed E-state index contributed by atoms with van der Waals surface area (Å²) in [5, 5.41) is 4.57. The smallest absolute Gasteiger partial charge is 0.431 e. The molecule has 16 heteroatoms. The highest BCUT2D eigenvalue weighted by Gasteiger charge is 2.35. The van der Waals surface area contributed by atoms with Crippen molar-refractivity contribution in [3.05, 3.63) is 63.9 Å². The topological polar surface area (TPSA) is 151 Å². The van der Waals surface area contributed by atoms with E-state index in [9.17, 15) is 36.7 Å². The Hall–Kier alpha value is -4.76. The third kappa shape index (κ3) is 8.41. The van der Waals surface area contributed by atoms with Gasteiger partial charge in [-0.05, 0) is 43.4 Å². The number of aromatic amines is 1. The fourth-order valence-corrected chi connectivity index (χ4v) is 4.19. The van der Waals surface area contributed by atoms with E-state index in [1.807, 2.05) is 13.8 Å². The van der Waals surface area contributed by atoms with E-state index >= 15 is 0 Å². The predicted molar refractivity (Wildman–Crippen MR) is 152 cm³/mol. The van der Waals surface area contributed by atoms with Crippen LogP contribution in [0.2, 0.25) is 0 Å². The fraction of sp³-hybridized carbons (Fsp3) is 0.429. The normalized spacial score (nSPS) is 12.5. The van der Waals surface area contributed by atoms with Gasteiger partial charge in [0, 0.05) is 14.1 Å². The van der Waals surface area contributed by atoms with Crippen molar-refractivity contribution in [3.63, 3.8) is 0 Å². The molecule has 3 N–H and O–H groups in total. The standard InChI is InChI=1S/C28H33F4N7O5/c1-15(2)12-19-24-23(16(29)13-33-19)36-21(37-24)14-39-20(28(30,31)32)11-10-18(26(39)42)34-25(41)17(35-27(43)44-5)8-6-7-9-22(40)38(3)4/h7,9-11,13,15,17H,6,8,12,14H2,1-5H3,(H,34,41)(H,35,43)(H,36,37)/b9-7+. The van der Waals surface area contributed by atoms with Crippen molar-refractivity contribution in [3.8, 4) is 0 Å². The zero-order chi connectivity index (χ0) is 32.8. The summed E-state index contributed by atoms with van der Waals surface area (Å²) < 4.78 is 61.2. The highest BCUT2D eigenvalue weighted by atomic mass is 19.4. The molecule has 0 spiro atoms. The number of hydrogen-bond acceptors (Lipinski definition) is 7. The Kier molecular flexibility index (Phi) is 10.8. The molecule has 0 aliphatic heterocycles. The first-order chi connectivity index (χ1) is 20.6. The van der Waals surface area contributed by atoms with Gasteiger partial charge >= 0.3 is 12.3 Å². The van der Waals surface area contributed by atoms with Crippen LogP contribution in [0, 0.1) is 11.7 Å². The molecule has 3 amide bonds. The Morgan fingerprint density at radius 1 is 1.20 bits per heavy atom. The number of H-pyrrole nitrogens is 1. The van der Waals surface area contributed by atoms with E-state index in [1.165, 1.54) is 17.1 Å². The lowest BCUT2D eigenvalue weighted by Crippen LogP contribution is -2.44. The quantitative estimate of drug-likeness (QED) is 0.218. The molecule has 1 unspecified atom stereocenters. The van der Waals surface area contributed by atoms with Gasteiger partial charge in [-0.25, -0.2) is 14.2 Å². The first kappa shape index (κ1) is 33.7. The largest absolute Gasteiger partial charge is 0.453 e. The molecule has 3 rings (SSSR count). The highest BCUT2D eigenvalue weighted by molar-refractivity contribution is 5.96. The number of methoxy groups -OCH3 is 1. The molecule has 0 radical (unpaired) electrons. The van der Waals surface area contributed by atoms with Crippen molar-refractivity contribution in [2.24, 2.45) is 5.92 Å². The van der Waals surface area contributed by atoms with E-state index in [0.717, 1.165) is 19.4 Å². The maximum Gasteiger partial charge on any atom is 0.431 e. The van der Waals surface area contributed by atoms with Crippen LogP contribution in [0.3, 0.4) is 0 Å². The zero-order valence-electron chi connectivity index (χ0n) is 24.7. The Balaban J connectivity index is 1.95. The number of anilines is 1. The maximum atomic E-state index is 14.5. The number of hydrogen-bond donors (Lipinski definition) is 3. The summed E-state index contributed by atoms with van der Waals surface area (Å²) in [4.78, 5) is 62.2. The number of imidazole rings is 1. The number of carbonyl (C=O) groups excluding carboxylic acids is 3. The summed E-state index contributed by atoms with van der Waals surface area (Å²) >= 11 is 0. The average molecular weight is 624 g/mol. The Morgan fingerprint density at radius 2 is 1.91 bits per heavy atom. The first-order valence-electron chi connectivity index (χ1n) is 13.5. The number of aromatic nitrogens is 4. The van der Waals surface area contributed by atoms with Crippen molar-refractivity contribution in [2.75, 3.05) is 26.5 Å². The van der Waals surface area contributed by atoms with Crippen LogP contribution in [0.5, 0.6) is 0 Å². The summed E-state index contributed by atoms with van der Waals surface area (Å²) in [6, 6.07) is 0.138. The number of pyridine rings is 2. The van der Waals surface area contributed by atoms with Crippen molar-refractivity contribution >= 4 is 34.6 Å². The molecule has 0 fully saturated rings. The van der Waals surface area contributed by atoms with Crippen LogP contribution in [-0.2, 0) is 33.5 Å². The van der Waals surface area contributed by atoms with Crippen molar-refractivity contribution in [1.29, 1.82) is 0 Å². The molecule has 3 heterocycles. The number of nitrogens with one attached hydrogen (secondary N) is 3. The Bertz CT molecular complexity index is 1610. The van der Waals surface area contributed by atoms with E-state index in [0.29, 0.717) is 22.7 Å². The van der Waals surface area contributed by atoms with Crippen LogP contribution in [0.1, 0.15) is 43.9 Å². The van der Waals surface area contributed by atoms with Crippen molar-refractivity contribution < 1.29 is 36.7 Å². The summed E-state index contributed by atoms with van der Waals surface area (Å²) in [6.45, 7) is 3.09. The molecule has 44 heavy (non-hydrogen) atoms. The second-order valence-electron chi connectivity index (χ2n) is 10.5. The van der Waals surface area contributed by atoms with Crippen LogP contribution in [0.15, 0.2) is 35.3 Å². The van der Waals surface area contributed by atoms with Crippen LogP contribution in [-0.4, -0.2) is 69.6 Å². The Morgan fingerprint density at radius 3 is 2.52 bits per heavy atom. The lowest BCUT2D eigenvalue weighted by atomic mass is 10.1. The van der Waals surface area contributed by atoms with Gasteiger partial charge in [-0.3, -0.25) is 23.9 Å². The third-order valence-corrected chi connectivity index (χ3v) is 6.35. The maximum absolute atomic E-state index is 14.5. The molecule has 0 bridgehead atoms. The number of halogens is 4. The first-order valence-corrected chi connectivity index (χ1v) is 13.5. The fourth-order valence-electron chi connectivity index (χ4n) is 4.19. The van der Waals surface area contributed by atoms with E-state index in [1.54, 1.807) is 14.1 Å². The van der Waals surface area contributed by atoms with Gasteiger partial charge in [-0.15, -0.1) is 0 Å². The second kappa shape index (κ2) is 14.1. The molecule has 0 saturated heterocycles. The number of allylic oxidation sites excluding steroid dienone is 1. The predicted octanol–water partition coefficient (Wildman–Crippen LogP) is 3.61. The molecule has 0 aliphatic carbocycles. The summed E-state index contributed by atoms with van der Waals surface area (Å²) in [6.07, 6.45) is -1.65. The minimum absolute atomic E-state index is 0.0374. The number of amides is 3. The van der Waals surface area contributed by atoms with E-state index in [2.05, 4.69) is 30.3 Å². The Labute approximate surface area is 249 Å². The minimum atomic E-state index is -4.96.